The lowest BCUT2D eigenvalue weighted by Crippen LogP contribution is -2.11. The van der Waals surface area contributed by atoms with Crippen LogP contribution in [0.1, 0.15) is 31.9 Å². The SMILES string of the molecule is CC(=O)C[C@@H](OC(C)=O)c1ccc2ccccc2c1. The molecule has 0 aliphatic heterocycles. The summed E-state index contributed by atoms with van der Waals surface area (Å²) in [6.45, 7) is 2.85. The summed E-state index contributed by atoms with van der Waals surface area (Å²) in [4.78, 5) is 22.4. The Morgan fingerprint density at radius 2 is 1.74 bits per heavy atom. The number of ketones is 1. The van der Waals surface area contributed by atoms with Crippen molar-refractivity contribution in [2.45, 2.75) is 26.4 Å². The Hall–Kier alpha value is -2.16. The molecule has 0 aliphatic rings. The fraction of sp³-hybridized carbons (Fsp3) is 0.250. The smallest absolute Gasteiger partial charge is 0.303 e. The summed E-state index contributed by atoms with van der Waals surface area (Å²) in [7, 11) is 0. The van der Waals surface area contributed by atoms with E-state index in [9.17, 15) is 9.59 Å². The van der Waals surface area contributed by atoms with Crippen molar-refractivity contribution in [1.82, 2.24) is 0 Å². The van der Waals surface area contributed by atoms with Gasteiger partial charge in [-0.05, 0) is 29.3 Å². The number of ether oxygens (including phenoxy) is 1. The molecule has 0 aromatic heterocycles. The van der Waals surface area contributed by atoms with Crippen LogP contribution in [0.4, 0.5) is 0 Å². The Morgan fingerprint density at radius 3 is 2.37 bits per heavy atom. The minimum absolute atomic E-state index is 0.000548. The molecule has 0 unspecified atom stereocenters. The molecule has 0 N–H and O–H groups in total. The van der Waals surface area contributed by atoms with Crippen LogP contribution in [-0.4, -0.2) is 11.8 Å². The maximum absolute atomic E-state index is 11.3. The van der Waals surface area contributed by atoms with Gasteiger partial charge in [-0.3, -0.25) is 9.59 Å². The van der Waals surface area contributed by atoms with Crippen LogP contribution in [0, 0.1) is 0 Å². The lowest BCUT2D eigenvalue weighted by molar-refractivity contribution is -0.147. The minimum atomic E-state index is -0.500. The van der Waals surface area contributed by atoms with Crippen LogP contribution in [0.3, 0.4) is 0 Å². The highest BCUT2D eigenvalue weighted by molar-refractivity contribution is 5.83. The van der Waals surface area contributed by atoms with Gasteiger partial charge in [-0.2, -0.15) is 0 Å². The van der Waals surface area contributed by atoms with Crippen molar-refractivity contribution >= 4 is 22.5 Å². The summed E-state index contributed by atoms with van der Waals surface area (Å²) < 4.78 is 5.24. The van der Waals surface area contributed by atoms with E-state index in [1.807, 2.05) is 42.5 Å². The molecule has 0 saturated heterocycles. The summed E-state index contributed by atoms with van der Waals surface area (Å²) >= 11 is 0. The van der Waals surface area contributed by atoms with E-state index in [-0.39, 0.29) is 18.2 Å². The van der Waals surface area contributed by atoms with E-state index in [0.29, 0.717) is 0 Å². The highest BCUT2D eigenvalue weighted by Gasteiger charge is 2.17. The second-order valence-electron chi connectivity index (χ2n) is 4.61. The van der Waals surface area contributed by atoms with Crippen LogP contribution in [-0.2, 0) is 14.3 Å². The zero-order chi connectivity index (χ0) is 13.8. The molecule has 0 saturated carbocycles. The fourth-order valence-electron chi connectivity index (χ4n) is 2.10. The van der Waals surface area contributed by atoms with Crippen molar-refractivity contribution in [3.05, 3.63) is 48.0 Å². The van der Waals surface area contributed by atoms with Crippen LogP contribution >= 0.6 is 0 Å². The number of hydrogen-bond donors (Lipinski definition) is 0. The second kappa shape index (κ2) is 5.65. The van der Waals surface area contributed by atoms with Gasteiger partial charge < -0.3 is 4.74 Å². The first kappa shape index (κ1) is 13.3. The zero-order valence-corrected chi connectivity index (χ0v) is 11.1. The minimum Gasteiger partial charge on any atom is -0.457 e. The number of hydrogen-bond acceptors (Lipinski definition) is 3. The molecule has 3 nitrogen and oxygen atoms in total. The standard InChI is InChI=1S/C16H16O3/c1-11(17)9-16(19-12(2)18)15-8-7-13-5-3-4-6-14(13)10-15/h3-8,10,16H,9H2,1-2H3/t16-/m1/s1. The molecule has 2 aromatic carbocycles. The summed E-state index contributed by atoms with van der Waals surface area (Å²) in [5, 5.41) is 2.19. The maximum atomic E-state index is 11.3. The van der Waals surface area contributed by atoms with E-state index in [2.05, 4.69) is 0 Å². The predicted octanol–water partition coefficient (Wildman–Crippen LogP) is 3.42. The third-order valence-corrected chi connectivity index (χ3v) is 2.93. The van der Waals surface area contributed by atoms with E-state index >= 15 is 0 Å². The summed E-state index contributed by atoms with van der Waals surface area (Å²) in [5.41, 5.74) is 0.851. The van der Waals surface area contributed by atoms with Gasteiger partial charge in [0.15, 0.2) is 0 Å². The average molecular weight is 256 g/mol. The van der Waals surface area contributed by atoms with Gasteiger partial charge in [-0.1, -0.05) is 36.4 Å². The molecule has 98 valence electrons. The third kappa shape index (κ3) is 3.41. The molecule has 0 radical (unpaired) electrons. The van der Waals surface area contributed by atoms with Gasteiger partial charge in [0.05, 0.1) is 0 Å². The Labute approximate surface area is 112 Å². The molecule has 3 heteroatoms. The highest BCUT2D eigenvalue weighted by atomic mass is 16.5. The Kier molecular flexibility index (Phi) is 3.95. The van der Waals surface area contributed by atoms with Crippen molar-refractivity contribution in [2.75, 3.05) is 0 Å². The van der Waals surface area contributed by atoms with Crippen molar-refractivity contribution in [3.63, 3.8) is 0 Å². The monoisotopic (exact) mass is 256 g/mol. The lowest BCUT2D eigenvalue weighted by atomic mass is 10.0. The number of Topliss-reactive ketones (excluding diaryl/α,β-unsaturated/α-hetero) is 1. The molecule has 2 aromatic rings. The highest BCUT2D eigenvalue weighted by Crippen LogP contribution is 2.25. The van der Waals surface area contributed by atoms with Crippen LogP contribution in [0.2, 0.25) is 0 Å². The Morgan fingerprint density at radius 1 is 1.05 bits per heavy atom. The normalized spacial score (nSPS) is 12.1. The quantitative estimate of drug-likeness (QED) is 0.787. The van der Waals surface area contributed by atoms with E-state index in [0.717, 1.165) is 16.3 Å². The molecule has 0 aliphatic carbocycles. The van der Waals surface area contributed by atoms with Crippen LogP contribution in [0.5, 0.6) is 0 Å². The number of benzene rings is 2. The predicted molar refractivity (Wildman–Crippen MR) is 73.8 cm³/mol. The van der Waals surface area contributed by atoms with Gasteiger partial charge >= 0.3 is 5.97 Å². The second-order valence-corrected chi connectivity index (χ2v) is 4.61. The largest absolute Gasteiger partial charge is 0.457 e. The number of esters is 1. The number of carbonyl (C=O) groups is 2. The van der Waals surface area contributed by atoms with Gasteiger partial charge in [0.1, 0.15) is 11.9 Å². The maximum Gasteiger partial charge on any atom is 0.303 e. The molecule has 0 heterocycles. The van der Waals surface area contributed by atoms with Crippen molar-refractivity contribution < 1.29 is 14.3 Å². The summed E-state index contributed by atoms with van der Waals surface area (Å²) in [6.07, 6.45) is -0.294. The molecule has 19 heavy (non-hydrogen) atoms. The molecule has 0 bridgehead atoms. The molecular formula is C16H16O3. The molecule has 0 fully saturated rings. The van der Waals surface area contributed by atoms with Crippen LogP contribution in [0.15, 0.2) is 42.5 Å². The average Bonchev–Trinajstić information content (AvgIpc) is 2.36. The van der Waals surface area contributed by atoms with Crippen molar-refractivity contribution in [2.24, 2.45) is 0 Å². The molecule has 1 atom stereocenters. The van der Waals surface area contributed by atoms with Crippen molar-refractivity contribution in [1.29, 1.82) is 0 Å². The Bertz CT molecular complexity index is 600. The third-order valence-electron chi connectivity index (χ3n) is 2.93. The fourth-order valence-corrected chi connectivity index (χ4v) is 2.10. The van der Waals surface area contributed by atoms with Gasteiger partial charge in [0.2, 0.25) is 0 Å². The van der Waals surface area contributed by atoms with Crippen molar-refractivity contribution in [3.8, 4) is 0 Å². The topological polar surface area (TPSA) is 43.4 Å². The first-order valence-electron chi connectivity index (χ1n) is 6.21. The molecule has 0 spiro atoms. The number of rotatable bonds is 4. The first-order valence-corrected chi connectivity index (χ1v) is 6.21. The Balaban J connectivity index is 2.37. The van der Waals surface area contributed by atoms with Gasteiger partial charge in [-0.15, -0.1) is 0 Å². The molecule has 0 amide bonds. The van der Waals surface area contributed by atoms with Crippen LogP contribution < -0.4 is 0 Å². The van der Waals surface area contributed by atoms with Gasteiger partial charge in [0.25, 0.3) is 0 Å². The molecule has 2 rings (SSSR count). The van der Waals surface area contributed by atoms with E-state index in [1.54, 1.807) is 0 Å². The van der Waals surface area contributed by atoms with E-state index < -0.39 is 6.10 Å². The first-order chi connectivity index (χ1) is 9.06. The summed E-state index contributed by atoms with van der Waals surface area (Å²) in [5.74, 6) is -0.376. The van der Waals surface area contributed by atoms with Crippen LogP contribution in [0.25, 0.3) is 10.8 Å². The zero-order valence-electron chi connectivity index (χ0n) is 11.1. The lowest BCUT2D eigenvalue weighted by Gasteiger charge is -2.16. The van der Waals surface area contributed by atoms with E-state index in [4.69, 9.17) is 4.74 Å². The number of carbonyl (C=O) groups excluding carboxylic acids is 2. The summed E-state index contributed by atoms with van der Waals surface area (Å²) in [6, 6.07) is 13.8. The number of fused-ring (bicyclic) bond motifs is 1. The van der Waals surface area contributed by atoms with Gasteiger partial charge in [0, 0.05) is 13.3 Å². The van der Waals surface area contributed by atoms with E-state index in [1.165, 1.54) is 13.8 Å². The van der Waals surface area contributed by atoms with Gasteiger partial charge in [-0.25, -0.2) is 0 Å². The molecular weight excluding hydrogens is 240 g/mol.